The molecule has 1 aliphatic heterocycles. The molecule has 1 saturated heterocycles. The summed E-state index contributed by atoms with van der Waals surface area (Å²) >= 11 is 5.74. The van der Waals surface area contributed by atoms with Crippen LogP contribution in [0.2, 0.25) is 0 Å². The van der Waals surface area contributed by atoms with Crippen molar-refractivity contribution in [3.63, 3.8) is 0 Å². The van der Waals surface area contributed by atoms with Gasteiger partial charge in [0, 0.05) is 18.5 Å². The minimum absolute atomic E-state index is 0.0291. The zero-order valence-electron chi connectivity index (χ0n) is 10.5. The fourth-order valence-corrected chi connectivity index (χ4v) is 2.76. The van der Waals surface area contributed by atoms with E-state index in [0.717, 1.165) is 37.5 Å². The summed E-state index contributed by atoms with van der Waals surface area (Å²) in [6.45, 7) is 0.580. The van der Waals surface area contributed by atoms with Crippen LogP contribution in [0.15, 0.2) is 18.2 Å². The van der Waals surface area contributed by atoms with Gasteiger partial charge in [-0.05, 0) is 43.9 Å². The molecule has 0 N–H and O–H groups in total. The molecule has 1 aliphatic rings. The van der Waals surface area contributed by atoms with Crippen molar-refractivity contribution in [2.24, 2.45) is 0 Å². The van der Waals surface area contributed by atoms with Crippen molar-refractivity contribution in [2.45, 2.75) is 31.7 Å². The summed E-state index contributed by atoms with van der Waals surface area (Å²) in [6, 6.07) is 2.99. The Balaban J connectivity index is 2.23. The lowest BCUT2D eigenvalue weighted by Gasteiger charge is -2.35. The Morgan fingerprint density at radius 2 is 2.16 bits per heavy atom. The van der Waals surface area contributed by atoms with Crippen molar-refractivity contribution in [1.29, 1.82) is 0 Å². The third kappa shape index (κ3) is 3.24. The fourth-order valence-electron chi connectivity index (χ4n) is 2.51. The SMILES string of the molecule is O=C(c1cc(F)ccc1F)N1CCCCC1CCCl. The second-order valence-electron chi connectivity index (χ2n) is 4.75. The van der Waals surface area contributed by atoms with E-state index in [9.17, 15) is 13.6 Å². The molecule has 2 nitrogen and oxygen atoms in total. The number of likely N-dealkylation sites (tertiary alicyclic amines) is 1. The molecule has 0 spiro atoms. The molecule has 2 rings (SSSR count). The van der Waals surface area contributed by atoms with E-state index in [1.165, 1.54) is 0 Å². The van der Waals surface area contributed by atoms with Gasteiger partial charge in [-0.25, -0.2) is 8.78 Å². The molecule has 1 fully saturated rings. The largest absolute Gasteiger partial charge is 0.336 e. The molecule has 0 bridgehead atoms. The number of rotatable bonds is 3. The van der Waals surface area contributed by atoms with E-state index in [1.807, 2.05) is 0 Å². The fraction of sp³-hybridized carbons (Fsp3) is 0.500. The molecule has 104 valence electrons. The van der Waals surface area contributed by atoms with Gasteiger partial charge in [0.15, 0.2) is 0 Å². The minimum Gasteiger partial charge on any atom is -0.336 e. The van der Waals surface area contributed by atoms with Crippen LogP contribution in [0.4, 0.5) is 8.78 Å². The van der Waals surface area contributed by atoms with Crippen LogP contribution in [0, 0.1) is 11.6 Å². The van der Waals surface area contributed by atoms with Crippen LogP contribution in [0.5, 0.6) is 0 Å². The first-order valence-corrected chi connectivity index (χ1v) is 6.99. The highest BCUT2D eigenvalue weighted by Crippen LogP contribution is 2.23. The maximum absolute atomic E-state index is 13.6. The number of halogens is 3. The molecular weight excluding hydrogens is 272 g/mol. The highest BCUT2D eigenvalue weighted by molar-refractivity contribution is 6.17. The number of amides is 1. The molecule has 0 aliphatic carbocycles. The van der Waals surface area contributed by atoms with E-state index in [0.29, 0.717) is 18.8 Å². The van der Waals surface area contributed by atoms with Crippen molar-refractivity contribution >= 4 is 17.5 Å². The van der Waals surface area contributed by atoms with Gasteiger partial charge in [0.2, 0.25) is 0 Å². The van der Waals surface area contributed by atoms with E-state index < -0.39 is 17.5 Å². The number of hydrogen-bond acceptors (Lipinski definition) is 1. The van der Waals surface area contributed by atoms with Crippen LogP contribution in [-0.4, -0.2) is 29.3 Å². The van der Waals surface area contributed by atoms with Gasteiger partial charge in [-0.3, -0.25) is 4.79 Å². The third-order valence-electron chi connectivity index (χ3n) is 3.49. The lowest BCUT2D eigenvalue weighted by atomic mass is 9.98. The molecule has 1 amide bonds. The van der Waals surface area contributed by atoms with Crippen molar-refractivity contribution in [3.8, 4) is 0 Å². The van der Waals surface area contributed by atoms with Gasteiger partial charge in [0.25, 0.3) is 5.91 Å². The number of nitrogens with zero attached hydrogens (tertiary/aromatic N) is 1. The Bertz CT molecular complexity index is 465. The summed E-state index contributed by atoms with van der Waals surface area (Å²) in [6.07, 6.45) is 3.48. The molecule has 1 aromatic rings. The highest BCUT2D eigenvalue weighted by atomic mass is 35.5. The molecular formula is C14H16ClF2NO. The summed E-state index contributed by atoms with van der Waals surface area (Å²) < 4.78 is 26.8. The third-order valence-corrected chi connectivity index (χ3v) is 3.71. The first kappa shape index (κ1) is 14.3. The Hall–Kier alpha value is -1.16. The van der Waals surface area contributed by atoms with Crippen LogP contribution < -0.4 is 0 Å². The van der Waals surface area contributed by atoms with Crippen LogP contribution in [0.3, 0.4) is 0 Å². The van der Waals surface area contributed by atoms with Crippen LogP contribution in [0.1, 0.15) is 36.0 Å². The van der Waals surface area contributed by atoms with Crippen LogP contribution >= 0.6 is 11.6 Å². The van der Waals surface area contributed by atoms with Gasteiger partial charge in [0.1, 0.15) is 11.6 Å². The second-order valence-corrected chi connectivity index (χ2v) is 5.13. The van der Waals surface area contributed by atoms with E-state index in [4.69, 9.17) is 11.6 Å². The molecule has 0 saturated carbocycles. The Labute approximate surface area is 116 Å². The number of piperidine rings is 1. The summed E-state index contributed by atoms with van der Waals surface area (Å²) in [5, 5.41) is 0. The van der Waals surface area contributed by atoms with Gasteiger partial charge in [-0.2, -0.15) is 0 Å². The maximum atomic E-state index is 13.6. The molecule has 19 heavy (non-hydrogen) atoms. The average molecular weight is 288 g/mol. The molecule has 0 radical (unpaired) electrons. The number of carbonyl (C=O) groups is 1. The first-order chi connectivity index (χ1) is 9.13. The highest BCUT2D eigenvalue weighted by Gasteiger charge is 2.28. The molecule has 0 aromatic heterocycles. The minimum atomic E-state index is -0.679. The Morgan fingerprint density at radius 1 is 1.37 bits per heavy atom. The summed E-state index contributed by atoms with van der Waals surface area (Å²) in [4.78, 5) is 14.0. The number of benzene rings is 1. The quantitative estimate of drug-likeness (QED) is 0.778. The lowest BCUT2D eigenvalue weighted by molar-refractivity contribution is 0.0604. The second kappa shape index (κ2) is 6.33. The zero-order chi connectivity index (χ0) is 13.8. The van der Waals surface area contributed by atoms with Crippen molar-refractivity contribution < 1.29 is 13.6 Å². The maximum Gasteiger partial charge on any atom is 0.257 e. The molecule has 1 atom stereocenters. The van der Waals surface area contributed by atoms with E-state index in [2.05, 4.69) is 0 Å². The number of hydrogen-bond donors (Lipinski definition) is 0. The van der Waals surface area contributed by atoms with Crippen molar-refractivity contribution in [1.82, 2.24) is 4.90 Å². The van der Waals surface area contributed by atoms with Crippen LogP contribution in [-0.2, 0) is 0 Å². The smallest absolute Gasteiger partial charge is 0.257 e. The first-order valence-electron chi connectivity index (χ1n) is 6.45. The van der Waals surface area contributed by atoms with E-state index in [1.54, 1.807) is 4.90 Å². The molecule has 1 unspecified atom stereocenters. The predicted molar refractivity (Wildman–Crippen MR) is 70.4 cm³/mol. The van der Waals surface area contributed by atoms with Crippen molar-refractivity contribution in [2.75, 3.05) is 12.4 Å². The monoisotopic (exact) mass is 287 g/mol. The van der Waals surface area contributed by atoms with E-state index >= 15 is 0 Å². The van der Waals surface area contributed by atoms with E-state index in [-0.39, 0.29) is 11.6 Å². The molecule has 1 heterocycles. The number of alkyl halides is 1. The normalized spacial score (nSPS) is 19.5. The summed E-state index contributed by atoms with van der Waals surface area (Å²) in [5.41, 5.74) is -0.193. The zero-order valence-corrected chi connectivity index (χ0v) is 11.3. The van der Waals surface area contributed by atoms with Crippen LogP contribution in [0.25, 0.3) is 0 Å². The van der Waals surface area contributed by atoms with Gasteiger partial charge >= 0.3 is 0 Å². The summed E-state index contributed by atoms with van der Waals surface area (Å²) in [7, 11) is 0. The average Bonchev–Trinajstić information content (AvgIpc) is 2.42. The summed E-state index contributed by atoms with van der Waals surface area (Å²) in [5.74, 6) is -1.26. The topological polar surface area (TPSA) is 20.3 Å². The predicted octanol–water partition coefficient (Wildman–Crippen LogP) is 3.59. The van der Waals surface area contributed by atoms with Crippen molar-refractivity contribution in [3.05, 3.63) is 35.4 Å². The molecule has 5 heteroatoms. The van der Waals surface area contributed by atoms with Gasteiger partial charge < -0.3 is 4.90 Å². The standard InChI is InChI=1S/C14H16ClF2NO/c15-7-6-11-3-1-2-8-18(11)14(19)12-9-10(16)4-5-13(12)17/h4-5,9,11H,1-3,6-8H2. The lowest BCUT2D eigenvalue weighted by Crippen LogP contribution is -2.44. The van der Waals surface area contributed by atoms with Gasteiger partial charge in [-0.15, -0.1) is 11.6 Å². The molecule has 1 aromatic carbocycles. The Kier molecular flexibility index (Phi) is 4.75. The van der Waals surface area contributed by atoms with Gasteiger partial charge in [-0.1, -0.05) is 0 Å². The number of carbonyl (C=O) groups excluding carboxylic acids is 1. The van der Waals surface area contributed by atoms with Gasteiger partial charge in [0.05, 0.1) is 5.56 Å². The Morgan fingerprint density at radius 3 is 2.89 bits per heavy atom.